The normalized spacial score (nSPS) is 23.2. The van der Waals surface area contributed by atoms with Gasteiger partial charge in [-0.15, -0.1) is 0 Å². The second-order valence-electron chi connectivity index (χ2n) is 5.08. The molecule has 1 saturated heterocycles. The van der Waals surface area contributed by atoms with Crippen molar-refractivity contribution in [3.8, 4) is 6.01 Å². The highest BCUT2D eigenvalue weighted by Gasteiger charge is 2.17. The molecule has 1 aromatic rings. The summed E-state index contributed by atoms with van der Waals surface area (Å²) in [4.78, 5) is 8.66. The fourth-order valence-corrected chi connectivity index (χ4v) is 2.47. The molecule has 5 nitrogen and oxygen atoms in total. The molecule has 0 N–H and O–H groups in total. The summed E-state index contributed by atoms with van der Waals surface area (Å²) in [5, 5.41) is 0. The van der Waals surface area contributed by atoms with Gasteiger partial charge in [0.15, 0.2) is 0 Å². The summed E-state index contributed by atoms with van der Waals surface area (Å²) < 4.78 is 16.6. The van der Waals surface area contributed by atoms with E-state index in [1.807, 2.05) is 6.07 Å². The van der Waals surface area contributed by atoms with Gasteiger partial charge in [-0.1, -0.05) is 6.08 Å². The molecule has 1 aromatic heterocycles. The van der Waals surface area contributed by atoms with E-state index in [2.05, 4.69) is 16.0 Å². The molecule has 20 heavy (non-hydrogen) atoms. The molecule has 0 aromatic carbocycles. The van der Waals surface area contributed by atoms with E-state index in [1.165, 1.54) is 5.57 Å². The minimum atomic E-state index is 0.188. The van der Waals surface area contributed by atoms with Crippen LogP contribution in [-0.4, -0.2) is 42.5 Å². The number of hydrogen-bond donors (Lipinski definition) is 0. The van der Waals surface area contributed by atoms with Crippen LogP contribution in [0.4, 0.5) is 0 Å². The van der Waals surface area contributed by atoms with Crippen molar-refractivity contribution < 1.29 is 14.2 Å². The molecule has 1 fully saturated rings. The Morgan fingerprint density at radius 3 is 3.20 bits per heavy atom. The average Bonchev–Trinajstić information content (AvgIpc) is 2.86. The number of allylic oxidation sites excluding steroid dienone is 1. The lowest BCUT2D eigenvalue weighted by Crippen LogP contribution is -2.17. The van der Waals surface area contributed by atoms with Crippen LogP contribution in [0.5, 0.6) is 6.01 Å². The molecule has 0 spiro atoms. The molecule has 0 saturated carbocycles. The molecule has 1 unspecified atom stereocenters. The molecule has 1 atom stereocenters. The van der Waals surface area contributed by atoms with E-state index in [9.17, 15) is 0 Å². The summed E-state index contributed by atoms with van der Waals surface area (Å²) in [5.74, 6) is 0. The summed E-state index contributed by atoms with van der Waals surface area (Å²) in [6.07, 6.45) is 8.22. The smallest absolute Gasteiger partial charge is 0.316 e. The van der Waals surface area contributed by atoms with Gasteiger partial charge in [0.25, 0.3) is 0 Å². The number of rotatable bonds is 4. The monoisotopic (exact) mass is 276 g/mol. The Labute approximate surface area is 119 Å². The number of ether oxygens (including phenoxy) is 3. The second-order valence-corrected chi connectivity index (χ2v) is 5.08. The second kappa shape index (κ2) is 6.81. The molecule has 108 valence electrons. The van der Waals surface area contributed by atoms with Crippen molar-refractivity contribution in [2.45, 2.75) is 31.8 Å². The highest BCUT2D eigenvalue weighted by atomic mass is 16.5. The summed E-state index contributed by atoms with van der Waals surface area (Å²) in [6, 6.07) is 2.36. The van der Waals surface area contributed by atoms with E-state index in [1.54, 1.807) is 6.20 Å². The van der Waals surface area contributed by atoms with Gasteiger partial charge in [-0.2, -0.15) is 4.98 Å². The van der Waals surface area contributed by atoms with Crippen molar-refractivity contribution in [3.63, 3.8) is 0 Å². The van der Waals surface area contributed by atoms with Crippen molar-refractivity contribution >= 4 is 5.57 Å². The van der Waals surface area contributed by atoms with E-state index in [0.717, 1.165) is 44.6 Å². The van der Waals surface area contributed by atoms with E-state index < -0.39 is 0 Å². The Bertz CT molecular complexity index is 470. The lowest BCUT2D eigenvalue weighted by molar-refractivity contribution is 0.0645. The van der Waals surface area contributed by atoms with Crippen LogP contribution < -0.4 is 4.74 Å². The first-order valence-corrected chi connectivity index (χ1v) is 7.26. The average molecular weight is 276 g/mol. The maximum atomic E-state index is 5.65. The van der Waals surface area contributed by atoms with Gasteiger partial charge in [0, 0.05) is 19.4 Å². The minimum absolute atomic E-state index is 0.188. The molecule has 3 rings (SSSR count). The van der Waals surface area contributed by atoms with Gasteiger partial charge >= 0.3 is 6.01 Å². The van der Waals surface area contributed by atoms with Crippen molar-refractivity contribution in [1.82, 2.24) is 9.97 Å². The first-order chi connectivity index (χ1) is 9.92. The van der Waals surface area contributed by atoms with Gasteiger partial charge in [-0.25, -0.2) is 4.98 Å². The highest BCUT2D eigenvalue weighted by Crippen LogP contribution is 2.21. The Morgan fingerprint density at radius 2 is 2.30 bits per heavy atom. The number of nitrogens with zero attached hydrogens (tertiary/aromatic N) is 2. The maximum absolute atomic E-state index is 5.65. The van der Waals surface area contributed by atoms with E-state index in [-0.39, 0.29) is 6.10 Å². The van der Waals surface area contributed by atoms with Crippen molar-refractivity contribution in [2.24, 2.45) is 0 Å². The fraction of sp³-hybridized carbons (Fsp3) is 0.600. The van der Waals surface area contributed by atoms with E-state index in [0.29, 0.717) is 19.2 Å². The van der Waals surface area contributed by atoms with Gasteiger partial charge in [-0.3, -0.25) is 0 Å². The van der Waals surface area contributed by atoms with Crippen molar-refractivity contribution in [3.05, 3.63) is 24.0 Å². The first kappa shape index (κ1) is 13.5. The molecule has 2 aliphatic heterocycles. The van der Waals surface area contributed by atoms with Crippen LogP contribution in [0.25, 0.3) is 5.57 Å². The molecule has 0 radical (unpaired) electrons. The first-order valence-electron chi connectivity index (χ1n) is 7.26. The van der Waals surface area contributed by atoms with Crippen LogP contribution in [0, 0.1) is 0 Å². The Kier molecular flexibility index (Phi) is 4.61. The van der Waals surface area contributed by atoms with Gasteiger partial charge in [-0.05, 0) is 37.3 Å². The maximum Gasteiger partial charge on any atom is 0.316 e. The number of hydrogen-bond acceptors (Lipinski definition) is 5. The topological polar surface area (TPSA) is 53.5 Å². The van der Waals surface area contributed by atoms with Crippen LogP contribution in [0.15, 0.2) is 18.3 Å². The Morgan fingerprint density at radius 1 is 1.30 bits per heavy atom. The van der Waals surface area contributed by atoms with Crippen molar-refractivity contribution in [2.75, 3.05) is 26.4 Å². The van der Waals surface area contributed by atoms with Gasteiger partial charge in [0.2, 0.25) is 0 Å². The van der Waals surface area contributed by atoms with E-state index >= 15 is 0 Å². The molecule has 5 heteroatoms. The van der Waals surface area contributed by atoms with Gasteiger partial charge in [0.1, 0.15) is 6.61 Å². The number of aromatic nitrogens is 2. The predicted molar refractivity (Wildman–Crippen MR) is 74.5 cm³/mol. The summed E-state index contributed by atoms with van der Waals surface area (Å²) in [7, 11) is 0. The third-order valence-corrected chi connectivity index (χ3v) is 3.57. The SMILES string of the molecule is C1=C(c2ccnc(OCC3CCCO3)n2)CCCOC1. The van der Waals surface area contributed by atoms with Crippen molar-refractivity contribution in [1.29, 1.82) is 0 Å². The molecule has 3 heterocycles. The Balaban J connectivity index is 1.64. The zero-order valence-corrected chi connectivity index (χ0v) is 11.6. The molecular weight excluding hydrogens is 256 g/mol. The zero-order valence-electron chi connectivity index (χ0n) is 11.6. The van der Waals surface area contributed by atoms with Crippen LogP contribution >= 0.6 is 0 Å². The predicted octanol–water partition coefficient (Wildman–Crippen LogP) is 2.23. The Hall–Kier alpha value is -1.46. The molecular formula is C15H20N2O3. The lowest BCUT2D eigenvalue weighted by atomic mass is 10.1. The largest absolute Gasteiger partial charge is 0.461 e. The van der Waals surface area contributed by atoms with Crippen LogP contribution in [0.3, 0.4) is 0 Å². The molecule has 0 aliphatic carbocycles. The van der Waals surface area contributed by atoms with Gasteiger partial charge in [0.05, 0.1) is 18.4 Å². The zero-order chi connectivity index (χ0) is 13.6. The van der Waals surface area contributed by atoms with Gasteiger partial charge < -0.3 is 14.2 Å². The lowest BCUT2D eigenvalue weighted by Gasteiger charge is -2.11. The third kappa shape index (κ3) is 3.55. The fourth-order valence-electron chi connectivity index (χ4n) is 2.47. The molecule has 0 bridgehead atoms. The molecule has 2 aliphatic rings. The highest BCUT2D eigenvalue weighted by molar-refractivity contribution is 5.62. The minimum Gasteiger partial charge on any atom is -0.461 e. The summed E-state index contributed by atoms with van der Waals surface area (Å²) in [6.45, 7) is 2.84. The summed E-state index contributed by atoms with van der Waals surface area (Å²) >= 11 is 0. The third-order valence-electron chi connectivity index (χ3n) is 3.57. The molecule has 0 amide bonds. The standard InChI is InChI=1S/C15H20N2O3/c1-3-12(6-10-18-8-1)14-5-7-16-15(17-14)20-11-13-4-2-9-19-13/h5-7,13H,1-4,8-11H2. The summed E-state index contributed by atoms with van der Waals surface area (Å²) in [5.41, 5.74) is 2.15. The van der Waals surface area contributed by atoms with E-state index in [4.69, 9.17) is 14.2 Å². The quantitative estimate of drug-likeness (QED) is 0.844. The van der Waals surface area contributed by atoms with Crippen LogP contribution in [0.2, 0.25) is 0 Å². The van der Waals surface area contributed by atoms with Crippen LogP contribution in [0.1, 0.15) is 31.4 Å². The van der Waals surface area contributed by atoms with Crippen LogP contribution in [-0.2, 0) is 9.47 Å².